The summed E-state index contributed by atoms with van der Waals surface area (Å²) in [4.78, 5) is 13.4. The lowest BCUT2D eigenvalue weighted by molar-refractivity contribution is 0.0693. The molecule has 3 nitrogen and oxygen atoms in total. The van der Waals surface area contributed by atoms with Crippen LogP contribution in [-0.4, -0.2) is 29.1 Å². The Bertz CT molecular complexity index is 395. The van der Waals surface area contributed by atoms with Crippen molar-refractivity contribution in [1.29, 1.82) is 0 Å². The third-order valence-electron chi connectivity index (χ3n) is 3.52. The van der Waals surface area contributed by atoms with Crippen LogP contribution in [0.5, 0.6) is 0 Å². The first-order chi connectivity index (χ1) is 9.16. The Morgan fingerprint density at radius 2 is 1.84 bits per heavy atom. The fourth-order valence-corrected chi connectivity index (χ4v) is 2.33. The van der Waals surface area contributed by atoms with Crippen LogP contribution >= 0.6 is 0 Å². The number of rotatable bonds is 3. The highest BCUT2D eigenvalue weighted by Gasteiger charge is 2.17. The molecule has 1 aliphatic rings. The molecule has 0 spiro atoms. The average Bonchev–Trinajstić information content (AvgIpc) is 2.44. The minimum Gasteiger partial charge on any atom is -0.478 e. The largest absolute Gasteiger partial charge is 0.478 e. The summed E-state index contributed by atoms with van der Waals surface area (Å²) in [5.41, 5.74) is 1.36. The summed E-state index contributed by atoms with van der Waals surface area (Å²) in [5, 5.41) is 9.12. The predicted molar refractivity (Wildman–Crippen MR) is 78.4 cm³/mol. The standard InChI is InChI=1S/C14H19NO2.C2H6/c1-11-6-8-15(9-7-11)10-12-4-2-3-5-13(12)14(16)17;1-2/h2-5,11H,6-10H2,1H3,(H,16,17);1-2H3. The molecular formula is C16H25NO2. The first-order valence-corrected chi connectivity index (χ1v) is 7.20. The SMILES string of the molecule is CC.CC1CCN(Cc2ccccc2C(=O)O)CC1. The van der Waals surface area contributed by atoms with Gasteiger partial charge in [-0.1, -0.05) is 39.0 Å². The smallest absolute Gasteiger partial charge is 0.336 e. The third kappa shape index (κ3) is 4.67. The van der Waals surface area contributed by atoms with Gasteiger partial charge in [0.25, 0.3) is 0 Å². The number of aromatic carboxylic acids is 1. The van der Waals surface area contributed by atoms with Gasteiger partial charge in [-0.3, -0.25) is 4.90 Å². The van der Waals surface area contributed by atoms with Gasteiger partial charge in [0.15, 0.2) is 0 Å². The minimum atomic E-state index is -0.828. The summed E-state index contributed by atoms with van der Waals surface area (Å²) >= 11 is 0. The zero-order chi connectivity index (χ0) is 14.3. The van der Waals surface area contributed by atoms with Crippen molar-refractivity contribution in [2.24, 2.45) is 5.92 Å². The summed E-state index contributed by atoms with van der Waals surface area (Å²) in [6, 6.07) is 7.30. The molecule has 1 aliphatic heterocycles. The quantitative estimate of drug-likeness (QED) is 0.905. The number of carbonyl (C=O) groups is 1. The highest BCUT2D eigenvalue weighted by molar-refractivity contribution is 5.89. The first kappa shape index (κ1) is 15.7. The summed E-state index contributed by atoms with van der Waals surface area (Å²) in [5.74, 6) is -0.0213. The van der Waals surface area contributed by atoms with Crippen LogP contribution in [0.4, 0.5) is 0 Å². The molecule has 0 aliphatic carbocycles. The minimum absolute atomic E-state index is 0.436. The molecule has 0 radical (unpaired) electrons. The molecule has 106 valence electrons. The van der Waals surface area contributed by atoms with Gasteiger partial charge in [-0.25, -0.2) is 4.79 Å². The Kier molecular flexibility index (Phi) is 6.57. The fraction of sp³-hybridized carbons (Fsp3) is 0.562. The molecule has 0 amide bonds. The van der Waals surface area contributed by atoms with Crippen molar-refractivity contribution in [3.63, 3.8) is 0 Å². The summed E-state index contributed by atoms with van der Waals surface area (Å²) in [6.45, 7) is 9.20. The van der Waals surface area contributed by atoms with E-state index in [2.05, 4.69) is 11.8 Å². The second kappa shape index (κ2) is 7.95. The molecule has 19 heavy (non-hydrogen) atoms. The van der Waals surface area contributed by atoms with Gasteiger partial charge in [-0.2, -0.15) is 0 Å². The number of carboxylic acids is 1. The molecule has 3 heteroatoms. The average molecular weight is 263 g/mol. The number of piperidine rings is 1. The number of benzene rings is 1. The maximum atomic E-state index is 11.1. The van der Waals surface area contributed by atoms with Crippen molar-refractivity contribution in [3.05, 3.63) is 35.4 Å². The van der Waals surface area contributed by atoms with Crippen molar-refractivity contribution in [2.75, 3.05) is 13.1 Å². The van der Waals surface area contributed by atoms with E-state index in [1.807, 2.05) is 26.0 Å². The lowest BCUT2D eigenvalue weighted by Crippen LogP contribution is -2.32. The second-order valence-electron chi connectivity index (χ2n) is 4.92. The van der Waals surface area contributed by atoms with Gasteiger partial charge in [0.1, 0.15) is 0 Å². The van der Waals surface area contributed by atoms with Crippen LogP contribution in [0.1, 0.15) is 49.5 Å². The maximum absolute atomic E-state index is 11.1. The third-order valence-corrected chi connectivity index (χ3v) is 3.52. The highest BCUT2D eigenvalue weighted by Crippen LogP contribution is 2.19. The monoisotopic (exact) mass is 263 g/mol. The topological polar surface area (TPSA) is 40.5 Å². The predicted octanol–water partition coefficient (Wildman–Crippen LogP) is 3.64. The van der Waals surface area contributed by atoms with Gasteiger partial charge in [0.2, 0.25) is 0 Å². The van der Waals surface area contributed by atoms with Gasteiger partial charge in [0.05, 0.1) is 5.56 Å². The molecule has 0 aromatic heterocycles. The van der Waals surface area contributed by atoms with E-state index in [0.29, 0.717) is 5.56 Å². The normalized spacial score (nSPS) is 16.6. The van der Waals surface area contributed by atoms with Crippen LogP contribution in [0.15, 0.2) is 24.3 Å². The molecule has 1 N–H and O–H groups in total. The van der Waals surface area contributed by atoms with Gasteiger partial charge in [-0.15, -0.1) is 0 Å². The van der Waals surface area contributed by atoms with Crippen LogP contribution in [0.2, 0.25) is 0 Å². The number of hydrogen-bond acceptors (Lipinski definition) is 2. The molecule has 1 aromatic carbocycles. The van der Waals surface area contributed by atoms with Gasteiger partial charge in [-0.05, 0) is 43.5 Å². The van der Waals surface area contributed by atoms with Gasteiger partial charge >= 0.3 is 5.97 Å². The molecule has 1 aromatic rings. The van der Waals surface area contributed by atoms with E-state index in [1.54, 1.807) is 12.1 Å². The van der Waals surface area contributed by atoms with E-state index in [-0.39, 0.29) is 0 Å². The second-order valence-corrected chi connectivity index (χ2v) is 4.92. The number of nitrogens with zero attached hydrogens (tertiary/aromatic N) is 1. The molecule has 0 bridgehead atoms. The first-order valence-electron chi connectivity index (χ1n) is 7.20. The van der Waals surface area contributed by atoms with Crippen molar-refractivity contribution < 1.29 is 9.90 Å². The Balaban J connectivity index is 0.000000861. The van der Waals surface area contributed by atoms with E-state index in [1.165, 1.54) is 12.8 Å². The summed E-state index contributed by atoms with van der Waals surface area (Å²) in [7, 11) is 0. The molecule has 1 heterocycles. The Labute approximate surface area is 116 Å². The van der Waals surface area contributed by atoms with Crippen LogP contribution < -0.4 is 0 Å². The summed E-state index contributed by atoms with van der Waals surface area (Å²) in [6.07, 6.45) is 2.43. The lowest BCUT2D eigenvalue weighted by Gasteiger charge is -2.30. The number of carboxylic acid groups (broad SMARTS) is 1. The van der Waals surface area contributed by atoms with Crippen molar-refractivity contribution in [2.45, 2.75) is 40.2 Å². The van der Waals surface area contributed by atoms with Crippen LogP contribution in [0, 0.1) is 5.92 Å². The van der Waals surface area contributed by atoms with Gasteiger partial charge in [0, 0.05) is 6.54 Å². The Hall–Kier alpha value is -1.35. The van der Waals surface area contributed by atoms with Crippen LogP contribution in [-0.2, 0) is 6.54 Å². The Morgan fingerprint density at radius 3 is 2.42 bits per heavy atom. The molecular weight excluding hydrogens is 238 g/mol. The fourth-order valence-electron chi connectivity index (χ4n) is 2.33. The molecule has 0 saturated carbocycles. The van der Waals surface area contributed by atoms with E-state index in [0.717, 1.165) is 31.1 Å². The molecule has 1 saturated heterocycles. The van der Waals surface area contributed by atoms with E-state index < -0.39 is 5.97 Å². The summed E-state index contributed by atoms with van der Waals surface area (Å²) < 4.78 is 0. The highest BCUT2D eigenvalue weighted by atomic mass is 16.4. The van der Waals surface area contributed by atoms with Gasteiger partial charge < -0.3 is 5.11 Å². The van der Waals surface area contributed by atoms with E-state index in [4.69, 9.17) is 5.11 Å². The zero-order valence-electron chi connectivity index (χ0n) is 12.2. The van der Waals surface area contributed by atoms with E-state index in [9.17, 15) is 4.79 Å². The zero-order valence-corrected chi connectivity index (χ0v) is 12.2. The maximum Gasteiger partial charge on any atom is 0.336 e. The molecule has 0 unspecified atom stereocenters. The van der Waals surface area contributed by atoms with Crippen LogP contribution in [0.25, 0.3) is 0 Å². The van der Waals surface area contributed by atoms with Crippen molar-refractivity contribution in [3.8, 4) is 0 Å². The van der Waals surface area contributed by atoms with E-state index >= 15 is 0 Å². The molecule has 2 rings (SSSR count). The lowest BCUT2D eigenvalue weighted by atomic mass is 9.98. The van der Waals surface area contributed by atoms with Crippen molar-refractivity contribution in [1.82, 2.24) is 4.90 Å². The van der Waals surface area contributed by atoms with Crippen LogP contribution in [0.3, 0.4) is 0 Å². The molecule has 0 atom stereocenters. The van der Waals surface area contributed by atoms with Crippen molar-refractivity contribution >= 4 is 5.97 Å². The Morgan fingerprint density at radius 1 is 1.26 bits per heavy atom. The number of hydrogen-bond donors (Lipinski definition) is 1. The molecule has 1 fully saturated rings. The number of likely N-dealkylation sites (tertiary alicyclic amines) is 1.